The third-order valence-electron chi connectivity index (χ3n) is 6.02. The van der Waals surface area contributed by atoms with E-state index in [2.05, 4.69) is 31.5 Å². The van der Waals surface area contributed by atoms with Crippen LogP contribution in [0.25, 0.3) is 10.8 Å². The topological polar surface area (TPSA) is 97.1 Å². The molecule has 178 valence electrons. The van der Waals surface area contributed by atoms with Crippen LogP contribution in [0.15, 0.2) is 88.4 Å². The fraction of sp³-hybridized carbons (Fsp3) is 0.185. The molecule has 8 heteroatoms. The molecule has 0 saturated heterocycles. The van der Waals surface area contributed by atoms with Crippen molar-refractivity contribution < 1.29 is 9.00 Å². The van der Waals surface area contributed by atoms with Gasteiger partial charge in [0.05, 0.1) is 10.8 Å². The summed E-state index contributed by atoms with van der Waals surface area (Å²) < 4.78 is 13.7. The summed E-state index contributed by atoms with van der Waals surface area (Å²) in [6, 6.07) is 22.3. The summed E-state index contributed by atoms with van der Waals surface area (Å²) in [6.07, 6.45) is 3.66. The number of anilines is 2. The minimum atomic E-state index is -1.04. The van der Waals surface area contributed by atoms with Crippen molar-refractivity contribution in [2.24, 2.45) is 0 Å². The van der Waals surface area contributed by atoms with E-state index < -0.39 is 16.8 Å². The van der Waals surface area contributed by atoms with Crippen molar-refractivity contribution in [3.8, 4) is 0 Å². The summed E-state index contributed by atoms with van der Waals surface area (Å²) in [5.74, 6) is 0.294. The number of nitrogens with zero attached hydrogens (tertiary/aromatic N) is 1. The zero-order valence-corrected chi connectivity index (χ0v) is 21.3. The Bertz CT molecular complexity index is 1420. The van der Waals surface area contributed by atoms with Crippen LogP contribution in [0.3, 0.4) is 0 Å². The number of nitrogens with one attached hydrogen (secondary N) is 2. The van der Waals surface area contributed by atoms with Crippen LogP contribution < -0.4 is 16.4 Å². The minimum Gasteiger partial charge on any atom is -0.383 e. The molecule has 5 rings (SSSR count). The van der Waals surface area contributed by atoms with Crippen LogP contribution in [0, 0.1) is 0 Å². The molecule has 4 aromatic rings. The van der Waals surface area contributed by atoms with Gasteiger partial charge in [0.1, 0.15) is 11.9 Å². The molecule has 2 atom stereocenters. The Balaban J connectivity index is 1.40. The number of amides is 1. The number of hydrogen-bond donors (Lipinski definition) is 3. The van der Waals surface area contributed by atoms with Crippen molar-refractivity contribution in [2.75, 3.05) is 11.1 Å². The molecule has 1 heterocycles. The van der Waals surface area contributed by atoms with Crippen LogP contribution in [0.1, 0.15) is 30.0 Å². The second kappa shape index (κ2) is 10.2. The first kappa shape index (κ1) is 23.5. The molecule has 3 aromatic carbocycles. The lowest BCUT2D eigenvalue weighted by Crippen LogP contribution is -2.33. The molecule has 1 fully saturated rings. The zero-order valence-electron chi connectivity index (χ0n) is 18.9. The monoisotopic (exact) mass is 548 g/mol. The molecular weight excluding hydrogens is 524 g/mol. The summed E-state index contributed by atoms with van der Waals surface area (Å²) in [6.45, 7) is 0.305. The van der Waals surface area contributed by atoms with Crippen LogP contribution in [-0.4, -0.2) is 20.3 Å². The molecule has 4 N–H and O–H groups in total. The highest BCUT2D eigenvalue weighted by Gasteiger charge is 2.30. The van der Waals surface area contributed by atoms with Gasteiger partial charge < -0.3 is 16.4 Å². The molecule has 2 unspecified atom stereocenters. The van der Waals surface area contributed by atoms with Crippen molar-refractivity contribution in [2.45, 2.75) is 35.6 Å². The van der Waals surface area contributed by atoms with Crippen LogP contribution in [-0.2, 0) is 22.1 Å². The highest BCUT2D eigenvalue weighted by molar-refractivity contribution is 9.10. The van der Waals surface area contributed by atoms with Crippen molar-refractivity contribution >= 4 is 54.9 Å². The van der Waals surface area contributed by atoms with Crippen molar-refractivity contribution in [3.63, 3.8) is 0 Å². The molecule has 0 radical (unpaired) electrons. The number of aromatic nitrogens is 1. The van der Waals surface area contributed by atoms with Gasteiger partial charge in [0, 0.05) is 38.4 Å². The number of nitrogens with two attached hydrogens (primary N) is 1. The highest BCUT2D eigenvalue weighted by atomic mass is 79.9. The van der Waals surface area contributed by atoms with Gasteiger partial charge in [-0.3, -0.25) is 9.00 Å². The molecular formula is C27H25BrN4O2S. The summed E-state index contributed by atoms with van der Waals surface area (Å²) in [5.41, 5.74) is 8.48. The lowest BCUT2D eigenvalue weighted by molar-refractivity contribution is -0.122. The van der Waals surface area contributed by atoms with E-state index in [0.717, 1.165) is 49.8 Å². The molecule has 6 nitrogen and oxygen atoms in total. The maximum atomic E-state index is 13.5. The largest absolute Gasteiger partial charge is 0.383 e. The van der Waals surface area contributed by atoms with E-state index in [1.807, 2.05) is 72.8 Å². The average molecular weight is 549 g/mol. The van der Waals surface area contributed by atoms with E-state index in [4.69, 9.17) is 5.73 Å². The third kappa shape index (κ3) is 5.39. The Labute approximate surface area is 214 Å². The van der Waals surface area contributed by atoms with Gasteiger partial charge in [0.2, 0.25) is 5.91 Å². The number of rotatable bonds is 8. The van der Waals surface area contributed by atoms with Gasteiger partial charge in [-0.2, -0.15) is 0 Å². The molecule has 1 aromatic heterocycles. The molecule has 1 saturated carbocycles. The molecule has 0 bridgehead atoms. The third-order valence-corrected chi connectivity index (χ3v) is 8.42. The highest BCUT2D eigenvalue weighted by Crippen LogP contribution is 2.32. The standard InChI is InChI=1S/C27H25BrN4O2S/c28-20-6-3-5-18(14-20)25(32-21-8-11-23-17(15-21)12-13-30-26(23)29)27(33)31-16-19-4-1-2-7-24(19)35(34)22-9-10-22/h1-8,11-15,22,25,32H,9-10,16H2,(H2,29,30)(H,31,33). The summed E-state index contributed by atoms with van der Waals surface area (Å²) >= 11 is 3.51. The van der Waals surface area contributed by atoms with E-state index in [1.165, 1.54) is 0 Å². The quantitative estimate of drug-likeness (QED) is 0.277. The maximum Gasteiger partial charge on any atom is 0.247 e. The molecule has 1 aliphatic carbocycles. The van der Waals surface area contributed by atoms with Crippen molar-refractivity contribution in [3.05, 3.63) is 94.6 Å². The Morgan fingerprint density at radius 3 is 2.71 bits per heavy atom. The number of benzene rings is 3. The van der Waals surface area contributed by atoms with Gasteiger partial charge in [-0.25, -0.2) is 4.98 Å². The number of carbonyl (C=O) groups is 1. The predicted molar refractivity (Wildman–Crippen MR) is 144 cm³/mol. The normalized spacial score (nSPS) is 14.9. The fourth-order valence-corrected chi connectivity index (χ4v) is 5.99. The van der Waals surface area contributed by atoms with Gasteiger partial charge in [0.15, 0.2) is 0 Å². The Hall–Kier alpha value is -3.23. The maximum absolute atomic E-state index is 13.5. The number of fused-ring (bicyclic) bond motifs is 1. The molecule has 1 amide bonds. The smallest absolute Gasteiger partial charge is 0.247 e. The molecule has 0 aliphatic heterocycles. The van der Waals surface area contributed by atoms with Gasteiger partial charge in [-0.05, 0) is 71.8 Å². The predicted octanol–water partition coefficient (Wildman–Crippen LogP) is 5.32. The van der Waals surface area contributed by atoms with Crippen LogP contribution >= 0.6 is 15.9 Å². The number of carbonyl (C=O) groups excluding carboxylic acids is 1. The minimum absolute atomic E-state index is 0.176. The number of hydrogen-bond acceptors (Lipinski definition) is 5. The number of pyridine rings is 1. The first-order valence-electron chi connectivity index (χ1n) is 11.4. The van der Waals surface area contributed by atoms with Gasteiger partial charge in [-0.15, -0.1) is 0 Å². The fourth-order valence-electron chi connectivity index (χ4n) is 4.04. The van der Waals surface area contributed by atoms with Crippen LogP contribution in [0.4, 0.5) is 11.5 Å². The summed E-state index contributed by atoms with van der Waals surface area (Å²) in [5, 5.41) is 8.47. The van der Waals surface area contributed by atoms with Gasteiger partial charge in [0.25, 0.3) is 0 Å². The molecule has 35 heavy (non-hydrogen) atoms. The summed E-state index contributed by atoms with van der Waals surface area (Å²) in [7, 11) is -1.04. The van der Waals surface area contributed by atoms with Crippen LogP contribution in [0.5, 0.6) is 0 Å². The molecule has 1 aliphatic rings. The van der Waals surface area contributed by atoms with Gasteiger partial charge in [-0.1, -0.05) is 46.3 Å². The van der Waals surface area contributed by atoms with E-state index in [9.17, 15) is 9.00 Å². The first-order valence-corrected chi connectivity index (χ1v) is 13.4. The first-order chi connectivity index (χ1) is 17.0. The van der Waals surface area contributed by atoms with Crippen molar-refractivity contribution in [1.29, 1.82) is 0 Å². The van der Waals surface area contributed by atoms with Gasteiger partial charge >= 0.3 is 0 Å². The SMILES string of the molecule is Nc1nccc2cc(NC(C(=O)NCc3ccccc3S(=O)C3CC3)c3cccc(Br)c3)ccc12. The van der Waals surface area contributed by atoms with Crippen LogP contribution in [0.2, 0.25) is 0 Å². The zero-order chi connectivity index (χ0) is 24.4. The second-order valence-corrected chi connectivity index (χ2v) is 11.2. The second-order valence-electron chi connectivity index (χ2n) is 8.59. The van der Waals surface area contributed by atoms with E-state index in [1.54, 1.807) is 6.20 Å². The lowest BCUT2D eigenvalue weighted by Gasteiger charge is -2.21. The Morgan fingerprint density at radius 1 is 1.09 bits per heavy atom. The number of halogens is 1. The van der Waals surface area contributed by atoms with E-state index in [-0.39, 0.29) is 11.2 Å². The van der Waals surface area contributed by atoms with E-state index in [0.29, 0.717) is 12.4 Å². The average Bonchev–Trinajstić information content (AvgIpc) is 3.71. The molecule has 0 spiro atoms. The summed E-state index contributed by atoms with van der Waals surface area (Å²) in [4.78, 5) is 18.4. The Kier molecular flexibility index (Phi) is 6.83. The van der Waals surface area contributed by atoms with Crippen molar-refractivity contribution in [1.82, 2.24) is 10.3 Å². The lowest BCUT2D eigenvalue weighted by atomic mass is 10.0. The van der Waals surface area contributed by atoms with E-state index >= 15 is 0 Å². The Morgan fingerprint density at radius 2 is 1.91 bits per heavy atom. The number of nitrogen functional groups attached to an aromatic ring is 1.